The average Bonchev–Trinajstić information content (AvgIpc) is 2.51. The molecule has 118 valence electrons. The van der Waals surface area contributed by atoms with Gasteiger partial charge in [-0.05, 0) is 30.2 Å². The van der Waals surface area contributed by atoms with E-state index in [1.165, 1.54) is 26.4 Å². The van der Waals surface area contributed by atoms with Gasteiger partial charge in [0.25, 0.3) is 0 Å². The number of ether oxygens (including phenoxy) is 2. The Morgan fingerprint density at radius 1 is 1.24 bits per heavy atom. The molecule has 0 amide bonds. The monoisotopic (exact) mass is 315 g/mol. The maximum atomic E-state index is 12.3. The first-order valence-corrected chi connectivity index (χ1v) is 8.08. The largest absolute Gasteiger partial charge is 0.497 e. The van der Waals surface area contributed by atoms with Gasteiger partial charge < -0.3 is 9.47 Å². The molecule has 1 aromatic carbocycles. The summed E-state index contributed by atoms with van der Waals surface area (Å²) in [6.07, 6.45) is 0.644. The van der Waals surface area contributed by atoms with E-state index in [-0.39, 0.29) is 10.8 Å². The van der Waals surface area contributed by atoms with Crippen LogP contribution in [0.1, 0.15) is 20.3 Å². The number of carbonyl (C=O) groups is 1. The second-order valence-corrected chi connectivity index (χ2v) is 6.40. The van der Waals surface area contributed by atoms with Crippen LogP contribution < -0.4 is 9.46 Å². The molecule has 0 aliphatic heterocycles. The summed E-state index contributed by atoms with van der Waals surface area (Å²) >= 11 is 0. The number of sulfonamides is 1. The molecular formula is C14H21NO5S. The first-order valence-electron chi connectivity index (χ1n) is 6.60. The molecule has 1 rings (SSSR count). The normalized spacial score (nSPS) is 14.3. The third-order valence-corrected chi connectivity index (χ3v) is 4.78. The summed E-state index contributed by atoms with van der Waals surface area (Å²) in [7, 11) is -1.07. The molecule has 0 saturated heterocycles. The van der Waals surface area contributed by atoms with Gasteiger partial charge in [-0.25, -0.2) is 8.42 Å². The predicted molar refractivity (Wildman–Crippen MR) is 78.6 cm³/mol. The van der Waals surface area contributed by atoms with E-state index in [0.29, 0.717) is 12.2 Å². The lowest BCUT2D eigenvalue weighted by atomic mass is 10.0. The van der Waals surface area contributed by atoms with Gasteiger partial charge in [-0.2, -0.15) is 4.72 Å². The molecule has 7 heteroatoms. The van der Waals surface area contributed by atoms with Gasteiger partial charge in [0.15, 0.2) is 0 Å². The zero-order valence-corrected chi connectivity index (χ0v) is 13.4. The van der Waals surface area contributed by atoms with Gasteiger partial charge in [0.1, 0.15) is 11.8 Å². The number of esters is 1. The summed E-state index contributed by atoms with van der Waals surface area (Å²) in [6.45, 7) is 3.67. The van der Waals surface area contributed by atoms with Gasteiger partial charge >= 0.3 is 5.97 Å². The number of rotatable bonds is 7. The maximum absolute atomic E-state index is 12.3. The van der Waals surface area contributed by atoms with Crippen LogP contribution in [0.15, 0.2) is 29.2 Å². The maximum Gasteiger partial charge on any atom is 0.324 e. The first kappa shape index (κ1) is 17.5. The van der Waals surface area contributed by atoms with Crippen molar-refractivity contribution in [3.8, 4) is 5.75 Å². The average molecular weight is 315 g/mol. The van der Waals surface area contributed by atoms with Crippen LogP contribution in [0.25, 0.3) is 0 Å². The molecule has 0 aliphatic rings. The fourth-order valence-electron chi connectivity index (χ4n) is 1.75. The molecule has 21 heavy (non-hydrogen) atoms. The van der Waals surface area contributed by atoms with E-state index in [1.54, 1.807) is 19.1 Å². The third kappa shape index (κ3) is 4.44. The van der Waals surface area contributed by atoms with Crippen LogP contribution in [0.3, 0.4) is 0 Å². The second kappa shape index (κ2) is 7.42. The lowest BCUT2D eigenvalue weighted by Gasteiger charge is -2.21. The number of carbonyl (C=O) groups excluding carboxylic acids is 1. The Balaban J connectivity index is 3.02. The minimum atomic E-state index is -3.80. The highest BCUT2D eigenvalue weighted by Gasteiger charge is 2.30. The molecule has 1 aromatic rings. The van der Waals surface area contributed by atoms with E-state index < -0.39 is 22.0 Å². The smallest absolute Gasteiger partial charge is 0.324 e. The van der Waals surface area contributed by atoms with Crippen LogP contribution in [0.2, 0.25) is 0 Å². The number of benzene rings is 1. The SMILES string of the molecule is CC[C@@H](C)[C@H](NS(=O)(=O)c1ccc(OC)cc1)C(=O)OC. The number of methoxy groups -OCH3 is 2. The Morgan fingerprint density at radius 2 is 1.81 bits per heavy atom. The number of hydrogen-bond acceptors (Lipinski definition) is 5. The molecule has 1 N–H and O–H groups in total. The highest BCUT2D eigenvalue weighted by Crippen LogP contribution is 2.18. The molecule has 0 heterocycles. The van der Waals surface area contributed by atoms with Crippen molar-refractivity contribution in [2.45, 2.75) is 31.2 Å². The van der Waals surface area contributed by atoms with Crippen LogP contribution in [0.4, 0.5) is 0 Å². The Hall–Kier alpha value is -1.60. The minimum Gasteiger partial charge on any atom is -0.497 e. The molecule has 0 aliphatic carbocycles. The second-order valence-electron chi connectivity index (χ2n) is 4.68. The zero-order valence-electron chi connectivity index (χ0n) is 12.6. The van der Waals surface area contributed by atoms with Crippen LogP contribution in [0, 0.1) is 5.92 Å². The van der Waals surface area contributed by atoms with Crippen LogP contribution >= 0.6 is 0 Å². The van der Waals surface area contributed by atoms with E-state index in [1.807, 2.05) is 6.92 Å². The summed E-state index contributed by atoms with van der Waals surface area (Å²) in [5.74, 6) is -0.215. The lowest BCUT2D eigenvalue weighted by molar-refractivity contribution is -0.143. The Kier molecular flexibility index (Phi) is 6.17. The van der Waals surface area contributed by atoms with Crippen LogP contribution in [-0.2, 0) is 19.6 Å². The minimum absolute atomic E-state index is 0.0699. The van der Waals surface area contributed by atoms with Crippen molar-refractivity contribution in [2.24, 2.45) is 5.92 Å². The summed E-state index contributed by atoms with van der Waals surface area (Å²) in [4.78, 5) is 11.8. The summed E-state index contributed by atoms with van der Waals surface area (Å²) in [6, 6.07) is 5.03. The van der Waals surface area contributed by atoms with Gasteiger partial charge in [-0.3, -0.25) is 4.79 Å². The molecule has 0 bridgehead atoms. The van der Waals surface area contributed by atoms with Crippen molar-refractivity contribution in [1.82, 2.24) is 4.72 Å². The van der Waals surface area contributed by atoms with E-state index in [2.05, 4.69) is 9.46 Å². The van der Waals surface area contributed by atoms with Gasteiger partial charge in [0.05, 0.1) is 19.1 Å². The van der Waals surface area contributed by atoms with Crippen LogP contribution in [-0.4, -0.2) is 34.6 Å². The Labute approximate surface area is 125 Å². The van der Waals surface area contributed by atoms with Gasteiger partial charge in [0.2, 0.25) is 10.0 Å². The van der Waals surface area contributed by atoms with Gasteiger partial charge in [-0.15, -0.1) is 0 Å². The van der Waals surface area contributed by atoms with Crippen molar-refractivity contribution >= 4 is 16.0 Å². The van der Waals surface area contributed by atoms with Gasteiger partial charge in [-0.1, -0.05) is 20.3 Å². The molecule has 0 saturated carbocycles. The molecule has 6 nitrogen and oxygen atoms in total. The number of hydrogen-bond donors (Lipinski definition) is 1. The van der Waals surface area contributed by atoms with E-state index in [4.69, 9.17) is 4.74 Å². The first-order chi connectivity index (χ1) is 9.85. The van der Waals surface area contributed by atoms with Crippen molar-refractivity contribution in [3.63, 3.8) is 0 Å². The molecule has 0 radical (unpaired) electrons. The lowest BCUT2D eigenvalue weighted by Crippen LogP contribution is -2.45. The quantitative estimate of drug-likeness (QED) is 0.772. The Bertz CT molecular complexity index is 568. The van der Waals surface area contributed by atoms with Crippen LogP contribution in [0.5, 0.6) is 5.75 Å². The number of nitrogens with one attached hydrogen (secondary N) is 1. The molecule has 2 atom stereocenters. The van der Waals surface area contributed by atoms with Crippen molar-refractivity contribution in [3.05, 3.63) is 24.3 Å². The Morgan fingerprint density at radius 3 is 2.24 bits per heavy atom. The highest BCUT2D eigenvalue weighted by atomic mass is 32.2. The fourth-order valence-corrected chi connectivity index (χ4v) is 3.04. The zero-order chi connectivity index (χ0) is 16.0. The molecule has 0 unspecified atom stereocenters. The summed E-state index contributed by atoms with van der Waals surface area (Å²) < 4.78 is 36.7. The summed E-state index contributed by atoms with van der Waals surface area (Å²) in [5.41, 5.74) is 0. The standard InChI is InChI=1S/C14H21NO5S/c1-5-10(2)13(14(16)20-4)15-21(17,18)12-8-6-11(19-3)7-9-12/h6-10,13,15H,5H2,1-4H3/t10-,13+/m1/s1. The van der Waals surface area contributed by atoms with E-state index >= 15 is 0 Å². The molecular weight excluding hydrogens is 294 g/mol. The van der Waals surface area contributed by atoms with Crippen molar-refractivity contribution in [2.75, 3.05) is 14.2 Å². The topological polar surface area (TPSA) is 81.7 Å². The van der Waals surface area contributed by atoms with E-state index in [9.17, 15) is 13.2 Å². The third-order valence-electron chi connectivity index (χ3n) is 3.32. The predicted octanol–water partition coefficient (Wildman–Crippen LogP) is 1.56. The molecule has 0 fully saturated rings. The summed E-state index contributed by atoms with van der Waals surface area (Å²) in [5, 5.41) is 0. The highest BCUT2D eigenvalue weighted by molar-refractivity contribution is 7.89. The molecule has 0 aromatic heterocycles. The van der Waals surface area contributed by atoms with Crippen molar-refractivity contribution in [1.29, 1.82) is 0 Å². The fraction of sp³-hybridized carbons (Fsp3) is 0.500. The van der Waals surface area contributed by atoms with Gasteiger partial charge in [0, 0.05) is 0 Å². The van der Waals surface area contributed by atoms with Crippen molar-refractivity contribution < 1.29 is 22.7 Å². The molecule has 0 spiro atoms. The van der Waals surface area contributed by atoms with E-state index in [0.717, 1.165) is 0 Å².